The monoisotopic (exact) mass is 140 g/mol. The van der Waals surface area contributed by atoms with Crippen LogP contribution in [0.2, 0.25) is 0 Å². The van der Waals surface area contributed by atoms with E-state index in [0.717, 1.165) is 0 Å². The lowest BCUT2D eigenvalue weighted by molar-refractivity contribution is 0.0953. The van der Waals surface area contributed by atoms with Crippen molar-refractivity contribution in [2.24, 2.45) is 5.84 Å². The lowest BCUT2D eigenvalue weighted by Crippen LogP contribution is -2.29. The van der Waals surface area contributed by atoms with Crippen molar-refractivity contribution in [1.29, 1.82) is 0 Å². The number of hydrogen-bond donors (Lipinski definition) is 2. The Morgan fingerprint density at radius 3 is 2.60 bits per heavy atom. The minimum atomic E-state index is -0.303. The van der Waals surface area contributed by atoms with Gasteiger partial charge in [-0.05, 0) is 12.1 Å². The maximum atomic E-state index is 10.7. The molecule has 0 atom stereocenters. The van der Waals surface area contributed by atoms with Crippen LogP contribution in [-0.4, -0.2) is 10.9 Å². The van der Waals surface area contributed by atoms with E-state index in [9.17, 15) is 4.79 Å². The van der Waals surface area contributed by atoms with Crippen molar-refractivity contribution in [3.8, 4) is 0 Å². The summed E-state index contributed by atoms with van der Waals surface area (Å²) in [5, 5.41) is 0. The number of aromatic nitrogens is 1. The Hall–Kier alpha value is -1.42. The highest BCUT2D eigenvalue weighted by Gasteiger charge is 1.98. The van der Waals surface area contributed by atoms with E-state index in [1.165, 1.54) is 12.4 Å². The van der Waals surface area contributed by atoms with Gasteiger partial charge in [-0.1, -0.05) is 0 Å². The van der Waals surface area contributed by atoms with E-state index in [1.54, 1.807) is 12.1 Å². The topological polar surface area (TPSA) is 68.0 Å². The van der Waals surface area contributed by atoms with Crippen LogP contribution in [-0.2, 0) is 0 Å². The van der Waals surface area contributed by atoms with Gasteiger partial charge in [-0.15, -0.1) is 0 Å². The van der Waals surface area contributed by atoms with Gasteiger partial charge in [0.25, 0.3) is 5.91 Å². The Bertz CT molecular complexity index is 222. The van der Waals surface area contributed by atoms with Gasteiger partial charge >= 0.3 is 0 Å². The molecule has 0 aliphatic heterocycles. The van der Waals surface area contributed by atoms with E-state index in [-0.39, 0.29) is 5.91 Å². The van der Waals surface area contributed by atoms with Crippen molar-refractivity contribution in [1.82, 2.24) is 10.4 Å². The van der Waals surface area contributed by atoms with Crippen LogP contribution >= 0.6 is 0 Å². The summed E-state index contributed by atoms with van der Waals surface area (Å²) in [5.74, 6) is 4.58. The predicted molar refractivity (Wildman–Crippen MR) is 35.9 cm³/mol. The zero-order valence-corrected chi connectivity index (χ0v) is 5.24. The van der Waals surface area contributed by atoms with Crippen molar-refractivity contribution < 1.29 is 4.79 Å². The second-order valence-electron chi connectivity index (χ2n) is 1.71. The Morgan fingerprint density at radius 1 is 1.50 bits per heavy atom. The summed E-state index contributed by atoms with van der Waals surface area (Å²) < 4.78 is 0. The number of rotatable bonds is 1. The van der Waals surface area contributed by atoms with Crippen molar-refractivity contribution >= 4 is 5.91 Å². The molecule has 0 aliphatic carbocycles. The Balaban J connectivity index is 2.85. The standard InChI is InChI=1S/C6H7N3O/c7-9-6(10)5-1-3-8-4-2-5/h1-4H,7H2,(H,9,10)/i7+1,9+1,10+1. The molecule has 1 rings (SSSR count). The molecule has 0 radical (unpaired) electrons. The largest absolute Gasteiger partial charge is 0.290 e. The average molecular weight is 140 g/mol. The van der Waals surface area contributed by atoms with Gasteiger partial charge in [0.2, 0.25) is 0 Å². The van der Waals surface area contributed by atoms with Gasteiger partial charge in [-0.2, -0.15) is 0 Å². The van der Waals surface area contributed by atoms with Crippen LogP contribution in [0.1, 0.15) is 10.4 Å². The molecule has 0 aromatic carbocycles. The number of hydrazine groups is 1. The molecule has 0 fully saturated rings. The third-order valence-corrected chi connectivity index (χ3v) is 1.07. The van der Waals surface area contributed by atoms with E-state index in [2.05, 4.69) is 4.98 Å². The summed E-state index contributed by atoms with van der Waals surface area (Å²) in [7, 11) is 0. The minimum Gasteiger partial charge on any atom is -0.290 e. The number of nitrogens with one attached hydrogen (secondary N) is 1. The molecule has 0 aliphatic rings. The molecule has 10 heavy (non-hydrogen) atoms. The zero-order chi connectivity index (χ0) is 7.40. The van der Waals surface area contributed by atoms with E-state index in [4.69, 9.17) is 5.84 Å². The maximum Gasteiger partial charge on any atom is 0.265 e. The summed E-state index contributed by atoms with van der Waals surface area (Å²) in [6.45, 7) is 0. The SMILES string of the molecule is [15NH2][15NH]C(=[17O])c1ccncc1. The molecule has 3 N–H and O–H groups in total. The van der Waals surface area contributed by atoms with Gasteiger partial charge in [0, 0.05) is 18.0 Å². The van der Waals surface area contributed by atoms with Crippen molar-refractivity contribution in [3.63, 3.8) is 0 Å². The highest BCUT2D eigenvalue weighted by atomic mass is 17.1. The van der Waals surface area contributed by atoms with Gasteiger partial charge in [0.05, 0.1) is 0 Å². The van der Waals surface area contributed by atoms with Crippen molar-refractivity contribution in [2.75, 3.05) is 0 Å². The van der Waals surface area contributed by atoms with Crippen LogP contribution in [0.4, 0.5) is 0 Å². The van der Waals surface area contributed by atoms with Crippen molar-refractivity contribution in [2.45, 2.75) is 0 Å². The highest BCUT2D eigenvalue weighted by Crippen LogP contribution is 1.93. The second-order valence-corrected chi connectivity index (χ2v) is 1.71. The van der Waals surface area contributed by atoms with Crippen LogP contribution in [0.25, 0.3) is 0 Å². The summed E-state index contributed by atoms with van der Waals surface area (Å²) >= 11 is 0. The van der Waals surface area contributed by atoms with E-state index >= 15 is 0 Å². The first-order chi connectivity index (χ1) is 4.84. The Labute approximate surface area is 58.0 Å². The molecule has 0 saturated carbocycles. The molecule has 4 nitrogen and oxygen atoms in total. The van der Waals surface area contributed by atoms with Crippen LogP contribution in [0.15, 0.2) is 24.5 Å². The molecule has 4 heteroatoms. The molecule has 0 bridgehead atoms. The lowest BCUT2D eigenvalue weighted by atomic mass is 10.3. The number of nitrogen functional groups attached to an aromatic ring is 1. The second kappa shape index (κ2) is 2.93. The van der Waals surface area contributed by atoms with Crippen LogP contribution < -0.4 is 11.3 Å². The van der Waals surface area contributed by atoms with Gasteiger partial charge < -0.3 is 0 Å². The first-order valence-electron chi connectivity index (χ1n) is 2.75. The van der Waals surface area contributed by atoms with Gasteiger partial charge in [0.1, 0.15) is 0 Å². The molecule has 1 aromatic rings. The molecule has 52 valence electrons. The number of hydrogen-bond acceptors (Lipinski definition) is 3. The van der Waals surface area contributed by atoms with E-state index in [0.29, 0.717) is 5.56 Å². The zero-order valence-electron chi connectivity index (χ0n) is 5.24. The molecule has 0 spiro atoms. The van der Waals surface area contributed by atoms with Crippen LogP contribution in [0.5, 0.6) is 0 Å². The first kappa shape index (κ1) is 6.70. The minimum absolute atomic E-state index is 0.303. The van der Waals surface area contributed by atoms with Gasteiger partial charge in [-0.3, -0.25) is 15.2 Å². The van der Waals surface area contributed by atoms with Crippen molar-refractivity contribution in [3.05, 3.63) is 30.1 Å². The van der Waals surface area contributed by atoms with Gasteiger partial charge in [0.15, 0.2) is 0 Å². The summed E-state index contributed by atoms with van der Waals surface area (Å²) in [6.07, 6.45) is 3.06. The smallest absolute Gasteiger partial charge is 0.265 e. The molecule has 0 unspecified atom stereocenters. The summed E-state index contributed by atoms with van der Waals surface area (Å²) in [6, 6.07) is 3.17. The molecule has 1 amide bonds. The normalized spacial score (nSPS) is 8.90. The fourth-order valence-electron chi connectivity index (χ4n) is 0.587. The molecular formula is C6H7N3O. The number of carbonyl (C=O) groups is 1. The third-order valence-electron chi connectivity index (χ3n) is 1.07. The average Bonchev–Trinajstić information content (AvgIpc) is 2.05. The fourth-order valence-corrected chi connectivity index (χ4v) is 0.587. The summed E-state index contributed by atoms with van der Waals surface area (Å²) in [5.41, 5.74) is 2.53. The first-order valence-corrected chi connectivity index (χ1v) is 2.75. The van der Waals surface area contributed by atoms with Crippen LogP contribution in [0.3, 0.4) is 0 Å². The van der Waals surface area contributed by atoms with Gasteiger partial charge in [-0.25, -0.2) is 5.84 Å². The predicted octanol–water partition coefficient (Wildman–Crippen LogP) is -0.315. The Kier molecular flexibility index (Phi) is 1.96. The van der Waals surface area contributed by atoms with E-state index in [1.807, 2.05) is 5.43 Å². The number of carbonyl (C=O) groups excluding carboxylic acids is 1. The van der Waals surface area contributed by atoms with Crippen LogP contribution in [0, 0.1) is 0 Å². The molecule has 1 heterocycles. The fraction of sp³-hybridized carbons (Fsp3) is 0. The number of nitrogens with two attached hydrogens (primary N) is 1. The highest BCUT2D eigenvalue weighted by molar-refractivity contribution is 5.93. The number of amides is 1. The lowest BCUT2D eigenvalue weighted by Gasteiger charge is -1.95. The summed E-state index contributed by atoms with van der Waals surface area (Å²) in [4.78, 5) is 14.5. The quantitative estimate of drug-likeness (QED) is 0.243. The maximum absolute atomic E-state index is 10.7. The third kappa shape index (κ3) is 1.29. The number of nitrogens with zero attached hydrogens (tertiary/aromatic N) is 1. The number of pyridine rings is 1. The van der Waals surface area contributed by atoms with E-state index < -0.39 is 0 Å². The molecule has 0 saturated heterocycles. The molecular weight excluding hydrogens is 133 g/mol. The molecule has 1 aromatic heterocycles. The Morgan fingerprint density at radius 2 is 2.10 bits per heavy atom.